The first-order valence-corrected chi connectivity index (χ1v) is 6.23. The fraction of sp³-hybridized carbons (Fsp3) is 0.500. The quantitative estimate of drug-likeness (QED) is 0.784. The van der Waals surface area contributed by atoms with Gasteiger partial charge in [-0.3, -0.25) is 4.90 Å². The molecule has 1 N–H and O–H groups in total. The van der Waals surface area contributed by atoms with Crippen LogP contribution in [0.1, 0.15) is 15.9 Å². The smallest absolute Gasteiger partial charge is 0.335 e. The standard InChI is InChI=1S/C14H19NO4/c1-18-14(19-2)9-15(10-14)8-7-11-3-5-12(6-4-11)13(16)17/h3-6H,7-10H2,1-2H3,(H,16,17). The number of hydrogen-bond acceptors (Lipinski definition) is 4. The molecule has 5 nitrogen and oxygen atoms in total. The number of likely N-dealkylation sites (tertiary alicyclic amines) is 1. The van der Waals surface area contributed by atoms with Gasteiger partial charge in [0.25, 0.3) is 0 Å². The van der Waals surface area contributed by atoms with Gasteiger partial charge in [0, 0.05) is 20.8 Å². The van der Waals surface area contributed by atoms with Crippen LogP contribution in [0.25, 0.3) is 0 Å². The van der Waals surface area contributed by atoms with Crippen molar-refractivity contribution in [1.82, 2.24) is 4.90 Å². The molecule has 0 aliphatic carbocycles. The van der Waals surface area contributed by atoms with Gasteiger partial charge in [-0.15, -0.1) is 0 Å². The lowest BCUT2D eigenvalue weighted by atomic mass is 10.0. The van der Waals surface area contributed by atoms with Gasteiger partial charge in [-0.25, -0.2) is 4.79 Å². The monoisotopic (exact) mass is 265 g/mol. The first-order valence-electron chi connectivity index (χ1n) is 6.23. The van der Waals surface area contributed by atoms with Gasteiger partial charge in [0.15, 0.2) is 5.79 Å². The number of carboxylic acids is 1. The maximum atomic E-state index is 10.7. The van der Waals surface area contributed by atoms with E-state index in [1.54, 1.807) is 26.4 Å². The number of methoxy groups -OCH3 is 2. The molecule has 2 rings (SSSR count). The molecular formula is C14H19NO4. The van der Waals surface area contributed by atoms with Gasteiger partial charge >= 0.3 is 5.97 Å². The molecule has 104 valence electrons. The molecule has 0 aromatic heterocycles. The molecule has 1 saturated heterocycles. The number of carbonyl (C=O) groups is 1. The van der Waals surface area contributed by atoms with Crippen molar-refractivity contribution >= 4 is 5.97 Å². The predicted octanol–water partition coefficient (Wildman–Crippen LogP) is 1.23. The summed E-state index contributed by atoms with van der Waals surface area (Å²) >= 11 is 0. The maximum Gasteiger partial charge on any atom is 0.335 e. The van der Waals surface area contributed by atoms with Crippen LogP contribution in [-0.4, -0.2) is 55.6 Å². The van der Waals surface area contributed by atoms with E-state index in [-0.39, 0.29) is 0 Å². The van der Waals surface area contributed by atoms with Gasteiger partial charge in [0.05, 0.1) is 18.7 Å². The molecule has 0 spiro atoms. The molecule has 1 aromatic carbocycles. The Hall–Kier alpha value is -1.43. The Labute approximate surface area is 112 Å². The highest BCUT2D eigenvalue weighted by Gasteiger charge is 2.43. The minimum absolute atomic E-state index is 0.325. The Morgan fingerprint density at radius 3 is 2.32 bits per heavy atom. The van der Waals surface area contributed by atoms with E-state index in [1.165, 1.54) is 0 Å². The summed E-state index contributed by atoms with van der Waals surface area (Å²) in [7, 11) is 3.32. The average Bonchev–Trinajstić information content (AvgIpc) is 2.38. The van der Waals surface area contributed by atoms with Crippen molar-refractivity contribution in [2.45, 2.75) is 12.2 Å². The van der Waals surface area contributed by atoms with Crippen molar-refractivity contribution in [3.63, 3.8) is 0 Å². The number of nitrogens with zero attached hydrogens (tertiary/aromatic N) is 1. The first-order chi connectivity index (χ1) is 9.08. The average molecular weight is 265 g/mol. The van der Waals surface area contributed by atoms with Gasteiger partial charge < -0.3 is 14.6 Å². The summed E-state index contributed by atoms with van der Waals surface area (Å²) in [5, 5.41) is 8.82. The van der Waals surface area contributed by atoms with Crippen LogP contribution in [0.5, 0.6) is 0 Å². The van der Waals surface area contributed by atoms with Gasteiger partial charge in [0.2, 0.25) is 0 Å². The number of aromatic carboxylic acids is 1. The second-order valence-corrected chi connectivity index (χ2v) is 4.78. The largest absolute Gasteiger partial charge is 0.478 e. The first kappa shape index (κ1) is 14.0. The van der Waals surface area contributed by atoms with Crippen LogP contribution in [-0.2, 0) is 15.9 Å². The van der Waals surface area contributed by atoms with Crippen LogP contribution in [0.4, 0.5) is 0 Å². The normalized spacial score (nSPS) is 18.0. The van der Waals surface area contributed by atoms with E-state index in [0.29, 0.717) is 5.56 Å². The molecule has 0 saturated carbocycles. The number of rotatable bonds is 6. The Morgan fingerprint density at radius 1 is 1.26 bits per heavy atom. The van der Waals surface area contributed by atoms with E-state index < -0.39 is 11.8 Å². The van der Waals surface area contributed by atoms with Gasteiger partial charge in [0.1, 0.15) is 0 Å². The van der Waals surface area contributed by atoms with Crippen molar-refractivity contribution in [2.24, 2.45) is 0 Å². The summed E-state index contributed by atoms with van der Waals surface area (Å²) in [6.45, 7) is 2.46. The molecule has 0 unspecified atom stereocenters. The molecule has 19 heavy (non-hydrogen) atoms. The van der Waals surface area contributed by atoms with Gasteiger partial charge in [-0.05, 0) is 24.1 Å². The van der Waals surface area contributed by atoms with E-state index in [1.807, 2.05) is 12.1 Å². The van der Waals surface area contributed by atoms with Crippen LogP contribution in [0.2, 0.25) is 0 Å². The zero-order valence-electron chi connectivity index (χ0n) is 11.3. The predicted molar refractivity (Wildman–Crippen MR) is 70.3 cm³/mol. The molecule has 1 heterocycles. The summed E-state index contributed by atoms with van der Waals surface area (Å²) in [6.07, 6.45) is 0.892. The number of benzene rings is 1. The highest BCUT2D eigenvalue weighted by atomic mass is 16.7. The Kier molecular flexibility index (Phi) is 4.19. The summed E-state index contributed by atoms with van der Waals surface area (Å²) in [6, 6.07) is 7.01. The van der Waals surface area contributed by atoms with E-state index >= 15 is 0 Å². The topological polar surface area (TPSA) is 59.0 Å². The third kappa shape index (κ3) is 3.12. The van der Waals surface area contributed by atoms with Gasteiger partial charge in [-0.1, -0.05) is 12.1 Å². The van der Waals surface area contributed by atoms with E-state index in [0.717, 1.165) is 31.6 Å². The molecule has 0 bridgehead atoms. The lowest BCUT2D eigenvalue weighted by Gasteiger charge is -2.47. The molecule has 0 amide bonds. The third-order valence-electron chi connectivity index (χ3n) is 3.59. The minimum atomic E-state index is -0.890. The lowest BCUT2D eigenvalue weighted by molar-refractivity contribution is -0.275. The molecule has 1 aliphatic heterocycles. The van der Waals surface area contributed by atoms with Gasteiger partial charge in [-0.2, -0.15) is 0 Å². The summed E-state index contributed by atoms with van der Waals surface area (Å²) in [5.74, 6) is -1.33. The fourth-order valence-electron chi connectivity index (χ4n) is 2.24. The van der Waals surface area contributed by atoms with Crippen molar-refractivity contribution in [1.29, 1.82) is 0 Å². The zero-order chi connectivity index (χ0) is 13.9. The molecule has 0 radical (unpaired) electrons. The van der Waals surface area contributed by atoms with Crippen molar-refractivity contribution < 1.29 is 19.4 Å². The lowest BCUT2D eigenvalue weighted by Crippen LogP contribution is -2.64. The van der Waals surface area contributed by atoms with Crippen LogP contribution < -0.4 is 0 Å². The minimum Gasteiger partial charge on any atom is -0.478 e. The molecule has 1 aromatic rings. The summed E-state index contributed by atoms with van der Waals surface area (Å²) in [5.41, 5.74) is 1.46. The van der Waals surface area contributed by atoms with Crippen molar-refractivity contribution in [2.75, 3.05) is 33.9 Å². The molecule has 1 fully saturated rings. The SMILES string of the molecule is COC1(OC)CN(CCc2ccc(C(=O)O)cc2)C1. The molecule has 1 aliphatic rings. The second kappa shape index (κ2) is 5.69. The fourth-order valence-corrected chi connectivity index (χ4v) is 2.24. The van der Waals surface area contributed by atoms with Crippen molar-refractivity contribution in [3.8, 4) is 0 Å². The van der Waals surface area contributed by atoms with E-state index in [2.05, 4.69) is 4.90 Å². The molecular weight excluding hydrogens is 246 g/mol. The summed E-state index contributed by atoms with van der Waals surface area (Å²) in [4.78, 5) is 13.0. The molecule has 5 heteroatoms. The maximum absolute atomic E-state index is 10.7. The highest BCUT2D eigenvalue weighted by molar-refractivity contribution is 5.87. The Bertz CT molecular complexity index is 431. The van der Waals surface area contributed by atoms with E-state index in [4.69, 9.17) is 14.6 Å². The Morgan fingerprint density at radius 2 is 1.84 bits per heavy atom. The highest BCUT2D eigenvalue weighted by Crippen LogP contribution is 2.25. The van der Waals surface area contributed by atoms with Crippen LogP contribution >= 0.6 is 0 Å². The van der Waals surface area contributed by atoms with Crippen LogP contribution in [0.3, 0.4) is 0 Å². The van der Waals surface area contributed by atoms with Crippen LogP contribution in [0, 0.1) is 0 Å². The number of ether oxygens (including phenoxy) is 2. The Balaban J connectivity index is 1.79. The van der Waals surface area contributed by atoms with E-state index in [9.17, 15) is 4.79 Å². The molecule has 0 atom stereocenters. The third-order valence-corrected chi connectivity index (χ3v) is 3.59. The number of hydrogen-bond donors (Lipinski definition) is 1. The zero-order valence-corrected chi connectivity index (χ0v) is 11.3. The number of carboxylic acid groups (broad SMARTS) is 1. The van der Waals surface area contributed by atoms with Crippen molar-refractivity contribution in [3.05, 3.63) is 35.4 Å². The van der Waals surface area contributed by atoms with Crippen LogP contribution in [0.15, 0.2) is 24.3 Å². The summed E-state index contributed by atoms with van der Waals surface area (Å²) < 4.78 is 10.6. The second-order valence-electron chi connectivity index (χ2n) is 4.78.